The van der Waals surface area contributed by atoms with Crippen molar-refractivity contribution in [3.05, 3.63) is 48.4 Å². The van der Waals surface area contributed by atoms with E-state index >= 15 is 0 Å². The van der Waals surface area contributed by atoms with Crippen LogP contribution in [0, 0.1) is 5.82 Å². The molecule has 0 spiro atoms. The first kappa shape index (κ1) is 9.65. The van der Waals surface area contributed by atoms with Crippen molar-refractivity contribution in [3.8, 4) is 17.0 Å². The van der Waals surface area contributed by atoms with Crippen molar-refractivity contribution in [2.75, 3.05) is 7.11 Å². The maximum atomic E-state index is 12.9. The highest BCUT2D eigenvalue weighted by molar-refractivity contribution is 5.65. The Bertz CT molecular complexity index is 456. The highest BCUT2D eigenvalue weighted by atomic mass is 19.1. The molecule has 76 valence electrons. The third-order valence-electron chi connectivity index (χ3n) is 2.09. The number of methoxy groups -OCH3 is 1. The fraction of sp³-hybridized carbons (Fsp3) is 0.0833. The summed E-state index contributed by atoms with van der Waals surface area (Å²) in [4.78, 5) is 4.02. The van der Waals surface area contributed by atoms with Crippen molar-refractivity contribution >= 4 is 0 Å². The number of aromatic nitrogens is 1. The zero-order valence-electron chi connectivity index (χ0n) is 8.27. The lowest BCUT2D eigenvalue weighted by molar-refractivity contribution is 0.411. The summed E-state index contributed by atoms with van der Waals surface area (Å²) in [6, 6.07) is 10.9. The van der Waals surface area contributed by atoms with Crippen LogP contribution in [0.15, 0.2) is 42.6 Å². The van der Waals surface area contributed by atoms with Crippen molar-refractivity contribution in [1.29, 1.82) is 0 Å². The third-order valence-corrected chi connectivity index (χ3v) is 2.09. The average molecular weight is 203 g/mol. The predicted octanol–water partition coefficient (Wildman–Crippen LogP) is 2.90. The van der Waals surface area contributed by atoms with Gasteiger partial charge in [-0.25, -0.2) is 9.37 Å². The van der Waals surface area contributed by atoms with Crippen LogP contribution in [0.3, 0.4) is 0 Å². The molecule has 0 amide bonds. The molecule has 0 radical (unpaired) electrons. The van der Waals surface area contributed by atoms with Crippen molar-refractivity contribution in [1.82, 2.24) is 4.98 Å². The Hall–Kier alpha value is -1.90. The largest absolute Gasteiger partial charge is 0.494 e. The normalized spacial score (nSPS) is 10.0. The molecule has 0 fully saturated rings. The molecule has 0 aliphatic heterocycles. The van der Waals surface area contributed by atoms with E-state index in [0.717, 1.165) is 5.56 Å². The minimum atomic E-state index is -0.397. The van der Waals surface area contributed by atoms with Crippen LogP contribution in [0.4, 0.5) is 4.39 Å². The number of pyridine rings is 1. The Kier molecular flexibility index (Phi) is 2.63. The Morgan fingerprint density at radius 2 is 1.93 bits per heavy atom. The van der Waals surface area contributed by atoms with E-state index in [1.807, 2.05) is 30.3 Å². The number of hydrogen-bond acceptors (Lipinski definition) is 2. The van der Waals surface area contributed by atoms with Gasteiger partial charge in [0, 0.05) is 11.6 Å². The second kappa shape index (κ2) is 4.09. The van der Waals surface area contributed by atoms with Crippen LogP contribution in [0.1, 0.15) is 0 Å². The first-order chi connectivity index (χ1) is 7.31. The number of nitrogens with zero attached hydrogens (tertiary/aromatic N) is 1. The number of rotatable bonds is 2. The lowest BCUT2D eigenvalue weighted by Crippen LogP contribution is -1.92. The van der Waals surface area contributed by atoms with Gasteiger partial charge < -0.3 is 4.74 Å². The fourth-order valence-corrected chi connectivity index (χ4v) is 1.39. The zero-order chi connectivity index (χ0) is 10.7. The molecule has 2 nitrogen and oxygen atoms in total. The molecule has 0 unspecified atom stereocenters. The fourth-order valence-electron chi connectivity index (χ4n) is 1.39. The number of benzene rings is 1. The SMILES string of the molecule is COc1cc(F)cnc1-c1ccccc1. The van der Waals surface area contributed by atoms with Crippen LogP contribution in [0.25, 0.3) is 11.3 Å². The quantitative estimate of drug-likeness (QED) is 0.748. The Balaban J connectivity index is 2.53. The molecule has 2 aromatic rings. The minimum absolute atomic E-state index is 0.397. The monoisotopic (exact) mass is 203 g/mol. The highest BCUT2D eigenvalue weighted by Crippen LogP contribution is 2.27. The number of halogens is 1. The molecule has 3 heteroatoms. The molecule has 15 heavy (non-hydrogen) atoms. The number of ether oxygens (including phenoxy) is 1. The van der Waals surface area contributed by atoms with Crippen molar-refractivity contribution < 1.29 is 9.13 Å². The summed E-state index contributed by atoms with van der Waals surface area (Å²) >= 11 is 0. The predicted molar refractivity (Wildman–Crippen MR) is 56.2 cm³/mol. The summed E-state index contributed by atoms with van der Waals surface area (Å²) in [6.45, 7) is 0. The molecule has 0 atom stereocenters. The molecule has 1 aromatic carbocycles. The molecule has 0 saturated carbocycles. The summed E-state index contributed by atoms with van der Waals surface area (Å²) in [6.07, 6.45) is 1.19. The smallest absolute Gasteiger partial charge is 0.148 e. The summed E-state index contributed by atoms with van der Waals surface area (Å²) in [5, 5.41) is 0. The van der Waals surface area contributed by atoms with Gasteiger partial charge in [-0.1, -0.05) is 30.3 Å². The van der Waals surface area contributed by atoms with Crippen molar-refractivity contribution in [2.24, 2.45) is 0 Å². The van der Waals surface area contributed by atoms with Gasteiger partial charge >= 0.3 is 0 Å². The first-order valence-electron chi connectivity index (χ1n) is 4.56. The summed E-state index contributed by atoms with van der Waals surface area (Å²) in [5.41, 5.74) is 1.56. The molecular formula is C12H10FNO. The molecule has 0 aliphatic rings. The summed E-state index contributed by atoms with van der Waals surface area (Å²) in [7, 11) is 1.50. The first-order valence-corrected chi connectivity index (χ1v) is 4.56. The van der Waals surface area contributed by atoms with Gasteiger partial charge in [-0.3, -0.25) is 0 Å². The average Bonchev–Trinajstić information content (AvgIpc) is 2.30. The van der Waals surface area contributed by atoms with E-state index in [1.165, 1.54) is 19.4 Å². The standard InChI is InChI=1S/C12H10FNO/c1-15-11-7-10(13)8-14-12(11)9-5-3-2-4-6-9/h2-8H,1H3. The van der Waals surface area contributed by atoms with Gasteiger partial charge in [0.05, 0.1) is 13.3 Å². The van der Waals surface area contributed by atoms with Crippen LogP contribution >= 0.6 is 0 Å². The maximum Gasteiger partial charge on any atom is 0.148 e. The Morgan fingerprint density at radius 1 is 1.20 bits per heavy atom. The van der Waals surface area contributed by atoms with E-state index in [1.54, 1.807) is 0 Å². The second-order valence-electron chi connectivity index (χ2n) is 3.07. The van der Waals surface area contributed by atoms with Crippen LogP contribution in [-0.4, -0.2) is 12.1 Å². The maximum absolute atomic E-state index is 12.9. The van der Waals surface area contributed by atoms with Crippen LogP contribution in [-0.2, 0) is 0 Å². The molecule has 1 aromatic heterocycles. The molecule has 0 aliphatic carbocycles. The van der Waals surface area contributed by atoms with Crippen LogP contribution in [0.2, 0.25) is 0 Å². The van der Waals surface area contributed by atoms with E-state index in [4.69, 9.17) is 4.74 Å². The molecule has 1 heterocycles. The van der Waals surface area contributed by atoms with E-state index in [-0.39, 0.29) is 0 Å². The van der Waals surface area contributed by atoms with Crippen molar-refractivity contribution in [3.63, 3.8) is 0 Å². The van der Waals surface area contributed by atoms with E-state index in [9.17, 15) is 4.39 Å². The van der Waals surface area contributed by atoms with Crippen molar-refractivity contribution in [2.45, 2.75) is 0 Å². The van der Waals surface area contributed by atoms with Gasteiger partial charge in [0.25, 0.3) is 0 Å². The van der Waals surface area contributed by atoms with Crippen LogP contribution < -0.4 is 4.74 Å². The Labute approximate surface area is 87.4 Å². The molecule has 0 saturated heterocycles. The van der Waals surface area contributed by atoms with E-state index in [0.29, 0.717) is 11.4 Å². The highest BCUT2D eigenvalue weighted by Gasteiger charge is 2.07. The molecule has 2 rings (SSSR count). The summed E-state index contributed by atoms with van der Waals surface area (Å²) in [5.74, 6) is 0.0488. The summed E-state index contributed by atoms with van der Waals surface area (Å²) < 4.78 is 18.0. The zero-order valence-corrected chi connectivity index (χ0v) is 8.27. The van der Waals surface area contributed by atoms with Gasteiger partial charge in [-0.05, 0) is 0 Å². The van der Waals surface area contributed by atoms with E-state index in [2.05, 4.69) is 4.98 Å². The van der Waals surface area contributed by atoms with E-state index < -0.39 is 5.82 Å². The molecule has 0 N–H and O–H groups in total. The third kappa shape index (κ3) is 1.96. The topological polar surface area (TPSA) is 22.1 Å². The lowest BCUT2D eigenvalue weighted by atomic mass is 10.1. The van der Waals surface area contributed by atoms with Gasteiger partial charge in [0.2, 0.25) is 0 Å². The van der Waals surface area contributed by atoms with Gasteiger partial charge in [0.15, 0.2) is 0 Å². The lowest BCUT2D eigenvalue weighted by Gasteiger charge is -2.06. The van der Waals surface area contributed by atoms with Crippen LogP contribution in [0.5, 0.6) is 5.75 Å². The molecular weight excluding hydrogens is 193 g/mol. The van der Waals surface area contributed by atoms with Gasteiger partial charge in [-0.2, -0.15) is 0 Å². The minimum Gasteiger partial charge on any atom is -0.494 e. The number of hydrogen-bond donors (Lipinski definition) is 0. The Morgan fingerprint density at radius 3 is 2.60 bits per heavy atom. The van der Waals surface area contributed by atoms with Gasteiger partial charge in [0.1, 0.15) is 17.3 Å². The second-order valence-corrected chi connectivity index (χ2v) is 3.07. The molecule has 0 bridgehead atoms. The van der Waals surface area contributed by atoms with Gasteiger partial charge in [-0.15, -0.1) is 0 Å².